The van der Waals surface area contributed by atoms with Crippen molar-refractivity contribution in [3.05, 3.63) is 23.0 Å². The van der Waals surface area contributed by atoms with Crippen LogP contribution in [-0.4, -0.2) is 20.7 Å². The van der Waals surface area contributed by atoms with Gasteiger partial charge in [0.1, 0.15) is 5.69 Å². The maximum absolute atomic E-state index is 12.0. The number of hydrogen-bond donors (Lipinski definition) is 2. The number of nitrogens with one attached hydrogen (secondary N) is 1. The maximum Gasteiger partial charge on any atom is 0.277 e. The van der Waals surface area contributed by atoms with E-state index in [2.05, 4.69) is 29.2 Å². The Morgan fingerprint density at radius 1 is 1.56 bits per heavy atom. The molecule has 2 heterocycles. The number of nitrogens with zero attached hydrogens (tertiary/aromatic N) is 3. The molecule has 96 valence electrons. The molecule has 0 bridgehead atoms. The normalized spacial score (nSPS) is 10.9. The Hall–Kier alpha value is -1.89. The van der Waals surface area contributed by atoms with Crippen LogP contribution in [-0.2, 0) is 7.05 Å². The molecule has 2 aromatic rings. The molecule has 0 aliphatic heterocycles. The molecule has 0 spiro atoms. The second kappa shape index (κ2) is 4.77. The summed E-state index contributed by atoms with van der Waals surface area (Å²) in [5, 5.41) is 9.17. The van der Waals surface area contributed by atoms with Crippen molar-refractivity contribution in [2.45, 2.75) is 19.8 Å². The number of nitrogens with two attached hydrogens (primary N) is 1. The molecule has 0 atom stereocenters. The van der Waals surface area contributed by atoms with Gasteiger partial charge < -0.3 is 5.73 Å². The van der Waals surface area contributed by atoms with Crippen LogP contribution in [0, 0.1) is 0 Å². The van der Waals surface area contributed by atoms with Crippen molar-refractivity contribution in [2.75, 3.05) is 11.1 Å². The number of rotatable bonds is 3. The van der Waals surface area contributed by atoms with Gasteiger partial charge in [-0.25, -0.2) is 4.98 Å². The van der Waals surface area contributed by atoms with Crippen molar-refractivity contribution in [1.29, 1.82) is 0 Å². The van der Waals surface area contributed by atoms with Crippen LogP contribution in [0.15, 0.2) is 11.6 Å². The summed E-state index contributed by atoms with van der Waals surface area (Å²) in [5.74, 6) is 0.0471. The summed E-state index contributed by atoms with van der Waals surface area (Å²) in [5.41, 5.74) is 7.36. The van der Waals surface area contributed by atoms with Gasteiger partial charge >= 0.3 is 0 Å². The molecule has 0 fully saturated rings. The number of nitrogen functional groups attached to an aromatic ring is 1. The third kappa shape index (κ3) is 2.35. The second-order valence-corrected chi connectivity index (χ2v) is 5.12. The van der Waals surface area contributed by atoms with Gasteiger partial charge in [-0.15, -0.1) is 11.3 Å². The third-order valence-corrected chi connectivity index (χ3v) is 3.29. The smallest absolute Gasteiger partial charge is 0.277 e. The van der Waals surface area contributed by atoms with Gasteiger partial charge in [-0.3, -0.25) is 14.8 Å². The fourth-order valence-electron chi connectivity index (χ4n) is 1.50. The topological polar surface area (TPSA) is 85.8 Å². The minimum atomic E-state index is -0.294. The Morgan fingerprint density at radius 3 is 2.78 bits per heavy atom. The SMILES string of the molecule is CC(C)c1csc(NC(=O)c2c(N)cnn2C)n1. The zero-order chi connectivity index (χ0) is 13.3. The summed E-state index contributed by atoms with van der Waals surface area (Å²) in [7, 11) is 1.67. The van der Waals surface area contributed by atoms with Crippen molar-refractivity contribution in [3.8, 4) is 0 Å². The Kier molecular flexibility index (Phi) is 3.33. The van der Waals surface area contributed by atoms with Crippen molar-refractivity contribution >= 4 is 28.1 Å². The number of hydrogen-bond acceptors (Lipinski definition) is 5. The van der Waals surface area contributed by atoms with E-state index in [1.807, 2.05) is 5.38 Å². The van der Waals surface area contributed by atoms with Crippen LogP contribution in [0.4, 0.5) is 10.8 Å². The summed E-state index contributed by atoms with van der Waals surface area (Å²) in [6, 6.07) is 0. The van der Waals surface area contributed by atoms with Gasteiger partial charge in [-0.1, -0.05) is 13.8 Å². The average Bonchev–Trinajstić information content (AvgIpc) is 2.86. The van der Waals surface area contributed by atoms with Crippen LogP contribution < -0.4 is 11.1 Å². The van der Waals surface area contributed by atoms with E-state index in [1.165, 1.54) is 22.2 Å². The van der Waals surface area contributed by atoms with Gasteiger partial charge in [0, 0.05) is 12.4 Å². The van der Waals surface area contributed by atoms with Gasteiger partial charge in [-0.05, 0) is 5.92 Å². The number of thiazole rings is 1. The van der Waals surface area contributed by atoms with Crippen LogP contribution in [0.3, 0.4) is 0 Å². The molecule has 0 saturated heterocycles. The minimum Gasteiger partial charge on any atom is -0.396 e. The fraction of sp³-hybridized carbons (Fsp3) is 0.364. The second-order valence-electron chi connectivity index (χ2n) is 4.26. The van der Waals surface area contributed by atoms with E-state index >= 15 is 0 Å². The third-order valence-electron chi connectivity index (χ3n) is 2.52. The zero-order valence-corrected chi connectivity index (χ0v) is 11.3. The lowest BCUT2D eigenvalue weighted by molar-refractivity contribution is 0.101. The average molecular weight is 265 g/mol. The lowest BCUT2D eigenvalue weighted by atomic mass is 10.2. The Bertz CT molecular complexity index is 552. The molecule has 6 nitrogen and oxygen atoms in total. The highest BCUT2D eigenvalue weighted by Gasteiger charge is 2.16. The minimum absolute atomic E-state index is 0.294. The predicted octanol–water partition coefficient (Wildman–Crippen LogP) is 1.83. The molecule has 2 rings (SSSR count). The van der Waals surface area contributed by atoms with Gasteiger partial charge in [0.15, 0.2) is 5.13 Å². The van der Waals surface area contributed by atoms with E-state index < -0.39 is 0 Å². The van der Waals surface area contributed by atoms with E-state index in [-0.39, 0.29) is 5.91 Å². The van der Waals surface area contributed by atoms with Crippen molar-refractivity contribution in [1.82, 2.24) is 14.8 Å². The highest BCUT2D eigenvalue weighted by atomic mass is 32.1. The molecule has 0 aliphatic rings. The summed E-state index contributed by atoms with van der Waals surface area (Å²) in [4.78, 5) is 16.3. The van der Waals surface area contributed by atoms with E-state index in [9.17, 15) is 4.79 Å². The number of carbonyl (C=O) groups excluding carboxylic acids is 1. The molecule has 7 heteroatoms. The molecule has 3 N–H and O–H groups in total. The van der Waals surface area contributed by atoms with Crippen LogP contribution in [0.5, 0.6) is 0 Å². The van der Waals surface area contributed by atoms with Crippen LogP contribution in [0.2, 0.25) is 0 Å². The van der Waals surface area contributed by atoms with Crippen LogP contribution in [0.25, 0.3) is 0 Å². The van der Waals surface area contributed by atoms with Crippen molar-refractivity contribution in [3.63, 3.8) is 0 Å². The molecule has 1 amide bonds. The number of aryl methyl sites for hydroxylation is 1. The lowest BCUT2D eigenvalue weighted by Gasteiger charge is -2.03. The van der Waals surface area contributed by atoms with Crippen molar-refractivity contribution in [2.24, 2.45) is 7.05 Å². The largest absolute Gasteiger partial charge is 0.396 e. The van der Waals surface area contributed by atoms with Gasteiger partial charge in [-0.2, -0.15) is 5.10 Å². The first kappa shape index (κ1) is 12.6. The Labute approximate surface area is 109 Å². The van der Waals surface area contributed by atoms with E-state index in [0.29, 0.717) is 22.4 Å². The molecule has 0 aromatic carbocycles. The van der Waals surface area contributed by atoms with E-state index in [4.69, 9.17) is 5.73 Å². The summed E-state index contributed by atoms with van der Waals surface area (Å²) in [6.45, 7) is 4.11. The summed E-state index contributed by atoms with van der Waals surface area (Å²) >= 11 is 1.40. The van der Waals surface area contributed by atoms with Crippen LogP contribution >= 0.6 is 11.3 Å². The van der Waals surface area contributed by atoms with Crippen molar-refractivity contribution < 1.29 is 4.79 Å². The number of anilines is 2. The fourth-order valence-corrected chi connectivity index (χ4v) is 2.36. The van der Waals surface area contributed by atoms with Gasteiger partial charge in [0.25, 0.3) is 5.91 Å². The predicted molar refractivity (Wildman–Crippen MR) is 71.8 cm³/mol. The maximum atomic E-state index is 12.0. The number of aromatic nitrogens is 3. The highest BCUT2D eigenvalue weighted by Crippen LogP contribution is 2.22. The van der Waals surface area contributed by atoms with Gasteiger partial charge in [0.2, 0.25) is 0 Å². The first-order valence-corrected chi connectivity index (χ1v) is 6.41. The van der Waals surface area contributed by atoms with Gasteiger partial charge in [0.05, 0.1) is 17.6 Å². The van der Waals surface area contributed by atoms with Crippen LogP contribution in [0.1, 0.15) is 35.9 Å². The Balaban J connectivity index is 2.16. The highest BCUT2D eigenvalue weighted by molar-refractivity contribution is 7.14. The molecular formula is C11H15N5OS. The standard InChI is InChI=1S/C11H15N5OS/c1-6(2)8-5-18-11(14-8)15-10(17)9-7(12)4-13-16(9)3/h4-6H,12H2,1-3H3,(H,14,15,17). The lowest BCUT2D eigenvalue weighted by Crippen LogP contribution is -2.17. The van der Waals surface area contributed by atoms with E-state index in [1.54, 1.807) is 7.05 Å². The molecule has 0 saturated carbocycles. The first-order chi connectivity index (χ1) is 8.49. The molecule has 2 aromatic heterocycles. The zero-order valence-electron chi connectivity index (χ0n) is 10.5. The molecule has 0 unspecified atom stereocenters. The monoisotopic (exact) mass is 265 g/mol. The first-order valence-electron chi connectivity index (χ1n) is 5.53. The molecule has 0 radical (unpaired) electrons. The number of carbonyl (C=O) groups is 1. The summed E-state index contributed by atoms with van der Waals surface area (Å²) < 4.78 is 1.45. The Morgan fingerprint density at radius 2 is 2.28 bits per heavy atom. The molecule has 18 heavy (non-hydrogen) atoms. The molecule has 0 aliphatic carbocycles. The summed E-state index contributed by atoms with van der Waals surface area (Å²) in [6.07, 6.45) is 1.45. The molecular weight excluding hydrogens is 250 g/mol. The van der Waals surface area contributed by atoms with E-state index in [0.717, 1.165) is 5.69 Å². The quantitative estimate of drug-likeness (QED) is 0.886. The number of amides is 1.